The lowest BCUT2D eigenvalue weighted by Crippen LogP contribution is -2.49. The molecule has 2 unspecified atom stereocenters. The molecule has 0 saturated carbocycles. The standard InChI is InChI=1S/C25H30N2O5/c1-4-16(2)14-27(3)24(30)22(13-23(28)29)26-25(31)32-15-21-19-11-7-5-9-17(19)18-10-6-8-12-20(18)21/h5-12,16,21-22H,4,13-15H2,1-3H3,(H,26,31)(H,28,29). The number of nitrogens with zero attached hydrogens (tertiary/aromatic N) is 1. The number of aliphatic carboxylic acids is 1. The van der Waals surface area contributed by atoms with Gasteiger partial charge in [0.05, 0.1) is 6.42 Å². The minimum Gasteiger partial charge on any atom is -0.481 e. The Morgan fingerprint density at radius 1 is 1.06 bits per heavy atom. The van der Waals surface area contributed by atoms with Crippen molar-refractivity contribution in [1.29, 1.82) is 0 Å². The number of benzene rings is 2. The van der Waals surface area contributed by atoms with Crippen LogP contribution < -0.4 is 5.32 Å². The first kappa shape index (κ1) is 23.3. The Morgan fingerprint density at radius 3 is 2.16 bits per heavy atom. The Bertz CT molecular complexity index is 944. The molecule has 2 aromatic carbocycles. The van der Waals surface area contributed by atoms with Gasteiger partial charge in [-0.1, -0.05) is 68.8 Å². The van der Waals surface area contributed by atoms with Crippen LogP contribution in [-0.4, -0.2) is 54.2 Å². The molecule has 1 aliphatic rings. The normalized spacial score (nSPS) is 14.1. The summed E-state index contributed by atoms with van der Waals surface area (Å²) in [4.78, 5) is 38.0. The minimum atomic E-state index is -1.18. The van der Waals surface area contributed by atoms with Gasteiger partial charge >= 0.3 is 12.1 Å². The molecule has 170 valence electrons. The number of alkyl carbamates (subject to hydrolysis) is 1. The number of carbonyl (C=O) groups excluding carboxylic acids is 2. The van der Waals surface area contributed by atoms with Crippen LogP contribution in [0, 0.1) is 5.92 Å². The zero-order chi connectivity index (χ0) is 23.3. The number of ether oxygens (including phenoxy) is 1. The molecule has 0 spiro atoms. The fourth-order valence-corrected chi connectivity index (χ4v) is 4.11. The van der Waals surface area contributed by atoms with Gasteiger partial charge in [0, 0.05) is 19.5 Å². The first-order chi connectivity index (χ1) is 15.3. The molecule has 32 heavy (non-hydrogen) atoms. The molecule has 0 aromatic heterocycles. The first-order valence-electron chi connectivity index (χ1n) is 10.9. The van der Waals surface area contributed by atoms with E-state index in [2.05, 4.69) is 5.32 Å². The van der Waals surface area contributed by atoms with E-state index in [0.29, 0.717) is 6.54 Å². The highest BCUT2D eigenvalue weighted by molar-refractivity contribution is 5.89. The Labute approximate surface area is 188 Å². The van der Waals surface area contributed by atoms with E-state index >= 15 is 0 Å². The Balaban J connectivity index is 1.67. The third-order valence-electron chi connectivity index (χ3n) is 5.97. The molecule has 2 amide bonds. The molecule has 3 rings (SSSR count). The van der Waals surface area contributed by atoms with Crippen molar-refractivity contribution >= 4 is 18.0 Å². The van der Waals surface area contributed by atoms with E-state index < -0.39 is 30.4 Å². The van der Waals surface area contributed by atoms with E-state index in [4.69, 9.17) is 4.74 Å². The lowest BCUT2D eigenvalue weighted by atomic mass is 9.98. The largest absolute Gasteiger partial charge is 0.481 e. The molecule has 0 fully saturated rings. The second kappa shape index (κ2) is 10.3. The van der Waals surface area contributed by atoms with Gasteiger partial charge < -0.3 is 20.1 Å². The average molecular weight is 439 g/mol. The van der Waals surface area contributed by atoms with Crippen molar-refractivity contribution in [2.75, 3.05) is 20.2 Å². The quantitative estimate of drug-likeness (QED) is 0.620. The number of nitrogens with one attached hydrogen (secondary N) is 1. The smallest absolute Gasteiger partial charge is 0.407 e. The summed E-state index contributed by atoms with van der Waals surface area (Å²) >= 11 is 0. The lowest BCUT2D eigenvalue weighted by Gasteiger charge is -2.26. The summed E-state index contributed by atoms with van der Waals surface area (Å²) in [6, 6.07) is 14.8. The van der Waals surface area contributed by atoms with E-state index in [0.717, 1.165) is 28.7 Å². The van der Waals surface area contributed by atoms with Crippen LogP contribution in [0.5, 0.6) is 0 Å². The number of rotatable bonds is 9. The van der Waals surface area contributed by atoms with Gasteiger partial charge in [0.1, 0.15) is 12.6 Å². The van der Waals surface area contributed by atoms with Gasteiger partial charge in [-0.05, 0) is 28.2 Å². The maximum Gasteiger partial charge on any atom is 0.407 e. The molecule has 0 bridgehead atoms. The van der Waals surface area contributed by atoms with E-state index in [1.54, 1.807) is 7.05 Å². The number of hydrogen-bond acceptors (Lipinski definition) is 4. The zero-order valence-corrected chi connectivity index (χ0v) is 18.7. The topological polar surface area (TPSA) is 95.9 Å². The van der Waals surface area contributed by atoms with Crippen molar-refractivity contribution < 1.29 is 24.2 Å². The van der Waals surface area contributed by atoms with Crippen LogP contribution in [0.25, 0.3) is 11.1 Å². The fourth-order valence-electron chi connectivity index (χ4n) is 4.11. The van der Waals surface area contributed by atoms with Crippen LogP contribution in [0.3, 0.4) is 0 Å². The highest BCUT2D eigenvalue weighted by Crippen LogP contribution is 2.44. The molecule has 1 aliphatic carbocycles. The Hall–Kier alpha value is -3.35. The summed E-state index contributed by atoms with van der Waals surface area (Å²) in [6.45, 7) is 4.61. The van der Waals surface area contributed by atoms with Crippen molar-refractivity contribution in [2.24, 2.45) is 5.92 Å². The van der Waals surface area contributed by atoms with Crippen LogP contribution in [0.1, 0.15) is 43.7 Å². The molecule has 7 nitrogen and oxygen atoms in total. The molecular weight excluding hydrogens is 408 g/mol. The molecule has 2 atom stereocenters. The van der Waals surface area contributed by atoms with Crippen molar-refractivity contribution in [2.45, 2.75) is 38.6 Å². The molecule has 0 heterocycles. The SMILES string of the molecule is CCC(C)CN(C)C(=O)C(CC(=O)O)NC(=O)OCC1c2ccccc2-c2ccccc21. The zero-order valence-electron chi connectivity index (χ0n) is 18.7. The van der Waals surface area contributed by atoms with Crippen LogP contribution >= 0.6 is 0 Å². The predicted molar refractivity (Wildman–Crippen MR) is 121 cm³/mol. The maximum atomic E-state index is 12.7. The van der Waals surface area contributed by atoms with Crippen LogP contribution in [-0.2, 0) is 14.3 Å². The molecule has 7 heteroatoms. The van der Waals surface area contributed by atoms with Gasteiger partial charge in [0.2, 0.25) is 5.91 Å². The highest BCUT2D eigenvalue weighted by Gasteiger charge is 2.31. The third-order valence-corrected chi connectivity index (χ3v) is 5.97. The second-order valence-corrected chi connectivity index (χ2v) is 8.35. The average Bonchev–Trinajstić information content (AvgIpc) is 3.10. The fraction of sp³-hybridized carbons (Fsp3) is 0.400. The molecule has 0 radical (unpaired) electrons. The van der Waals surface area contributed by atoms with Gasteiger partial charge in [-0.25, -0.2) is 4.79 Å². The number of hydrogen-bond donors (Lipinski definition) is 2. The second-order valence-electron chi connectivity index (χ2n) is 8.35. The third kappa shape index (κ3) is 5.28. The van der Waals surface area contributed by atoms with Crippen LogP contribution in [0.15, 0.2) is 48.5 Å². The molecule has 2 aromatic rings. The maximum absolute atomic E-state index is 12.7. The van der Waals surface area contributed by atoms with Gasteiger partial charge in [-0.15, -0.1) is 0 Å². The first-order valence-corrected chi connectivity index (χ1v) is 10.9. The molecule has 0 aliphatic heterocycles. The predicted octanol–water partition coefficient (Wildman–Crippen LogP) is 3.87. The monoisotopic (exact) mass is 438 g/mol. The summed E-state index contributed by atoms with van der Waals surface area (Å²) in [5.41, 5.74) is 4.38. The van der Waals surface area contributed by atoms with Gasteiger partial charge in [0.25, 0.3) is 0 Å². The minimum absolute atomic E-state index is 0.0938. The number of amides is 2. The number of likely N-dealkylation sites (N-methyl/N-ethyl adjacent to an activating group) is 1. The summed E-state index contributed by atoms with van der Waals surface area (Å²) < 4.78 is 5.47. The summed E-state index contributed by atoms with van der Waals surface area (Å²) in [7, 11) is 1.61. The summed E-state index contributed by atoms with van der Waals surface area (Å²) in [5.74, 6) is -1.46. The number of carboxylic acids is 1. The van der Waals surface area contributed by atoms with Crippen molar-refractivity contribution in [3.63, 3.8) is 0 Å². The van der Waals surface area contributed by atoms with Gasteiger partial charge in [-0.2, -0.15) is 0 Å². The van der Waals surface area contributed by atoms with E-state index in [-0.39, 0.29) is 18.4 Å². The van der Waals surface area contributed by atoms with Crippen molar-refractivity contribution in [3.05, 3.63) is 59.7 Å². The number of carbonyl (C=O) groups is 3. The highest BCUT2D eigenvalue weighted by atomic mass is 16.5. The number of carboxylic acid groups (broad SMARTS) is 1. The van der Waals surface area contributed by atoms with Crippen LogP contribution in [0.2, 0.25) is 0 Å². The molecule has 2 N–H and O–H groups in total. The van der Waals surface area contributed by atoms with Crippen LogP contribution in [0.4, 0.5) is 4.79 Å². The van der Waals surface area contributed by atoms with Gasteiger partial charge in [0.15, 0.2) is 0 Å². The molecular formula is C25H30N2O5. The van der Waals surface area contributed by atoms with Crippen molar-refractivity contribution in [3.8, 4) is 11.1 Å². The van der Waals surface area contributed by atoms with Gasteiger partial charge in [-0.3, -0.25) is 9.59 Å². The molecule has 0 saturated heterocycles. The van der Waals surface area contributed by atoms with E-state index in [1.807, 2.05) is 62.4 Å². The summed E-state index contributed by atoms with van der Waals surface area (Å²) in [5, 5.41) is 11.7. The lowest BCUT2D eigenvalue weighted by molar-refractivity contribution is -0.142. The van der Waals surface area contributed by atoms with E-state index in [1.165, 1.54) is 4.90 Å². The number of fused-ring (bicyclic) bond motifs is 3. The summed E-state index contributed by atoms with van der Waals surface area (Å²) in [6.07, 6.45) is -0.419. The Kier molecular flexibility index (Phi) is 7.51. The van der Waals surface area contributed by atoms with Crippen molar-refractivity contribution in [1.82, 2.24) is 10.2 Å². The van der Waals surface area contributed by atoms with E-state index in [9.17, 15) is 19.5 Å². The Morgan fingerprint density at radius 2 is 1.62 bits per heavy atom.